The van der Waals surface area contributed by atoms with E-state index in [1.54, 1.807) is 22.7 Å². The Kier molecular flexibility index (Phi) is 3.75. The second-order valence-corrected chi connectivity index (χ2v) is 6.34. The molecule has 3 nitrogen and oxygen atoms in total. The number of aromatic nitrogens is 1. The van der Waals surface area contributed by atoms with Crippen molar-refractivity contribution in [2.45, 2.75) is 19.6 Å². The Morgan fingerprint density at radius 3 is 3.22 bits per heavy atom. The van der Waals surface area contributed by atoms with Crippen LogP contribution in [0.3, 0.4) is 0 Å². The number of thiophene rings is 1. The van der Waals surface area contributed by atoms with E-state index in [2.05, 4.69) is 34.7 Å². The zero-order valence-electron chi connectivity index (χ0n) is 10.3. The molecule has 1 saturated heterocycles. The molecule has 0 radical (unpaired) electrons. The van der Waals surface area contributed by atoms with Gasteiger partial charge in [-0.15, -0.1) is 22.7 Å². The molecule has 3 rings (SSSR count). The first-order chi connectivity index (χ1) is 8.81. The maximum atomic E-state index is 5.55. The van der Waals surface area contributed by atoms with Gasteiger partial charge in [0.2, 0.25) is 0 Å². The highest BCUT2D eigenvalue weighted by Gasteiger charge is 2.17. The van der Waals surface area contributed by atoms with E-state index in [9.17, 15) is 0 Å². The standard InChI is InChI=1S/C13H16N2OS2/c1-10-7-15(4-5-16-10)8-11-9-18-13(14-11)12-3-2-6-17-12/h2-3,6,9-10H,4-5,7-8H2,1H3/t10-/m0/s1. The van der Waals surface area contributed by atoms with Crippen molar-refractivity contribution >= 4 is 22.7 Å². The molecule has 3 heterocycles. The summed E-state index contributed by atoms with van der Waals surface area (Å²) in [5, 5.41) is 5.41. The number of hydrogen-bond acceptors (Lipinski definition) is 5. The fourth-order valence-corrected chi connectivity index (χ4v) is 3.78. The van der Waals surface area contributed by atoms with E-state index < -0.39 is 0 Å². The van der Waals surface area contributed by atoms with E-state index in [0.29, 0.717) is 6.10 Å². The van der Waals surface area contributed by atoms with E-state index >= 15 is 0 Å². The Morgan fingerprint density at radius 1 is 1.50 bits per heavy atom. The zero-order chi connectivity index (χ0) is 12.4. The highest BCUT2D eigenvalue weighted by molar-refractivity contribution is 7.20. The third-order valence-electron chi connectivity index (χ3n) is 2.99. The van der Waals surface area contributed by atoms with Gasteiger partial charge in [0.15, 0.2) is 0 Å². The maximum absolute atomic E-state index is 5.55. The lowest BCUT2D eigenvalue weighted by molar-refractivity contribution is -0.0215. The van der Waals surface area contributed by atoms with Crippen LogP contribution in [-0.4, -0.2) is 35.7 Å². The molecule has 0 aliphatic carbocycles. The third-order valence-corrected chi connectivity index (χ3v) is 4.92. The summed E-state index contributed by atoms with van der Waals surface area (Å²) in [6, 6.07) is 4.20. The molecule has 0 N–H and O–H groups in total. The third kappa shape index (κ3) is 2.80. The molecule has 1 atom stereocenters. The first-order valence-corrected chi connectivity index (χ1v) is 7.89. The van der Waals surface area contributed by atoms with Gasteiger partial charge >= 0.3 is 0 Å². The van der Waals surface area contributed by atoms with Crippen molar-refractivity contribution in [1.29, 1.82) is 0 Å². The molecule has 0 spiro atoms. The second-order valence-electron chi connectivity index (χ2n) is 4.54. The molecule has 0 bridgehead atoms. The SMILES string of the molecule is C[C@H]1CN(Cc2csc(-c3cccs3)n2)CCO1. The van der Waals surface area contributed by atoms with E-state index in [0.717, 1.165) is 31.2 Å². The van der Waals surface area contributed by atoms with Crippen LogP contribution in [0.25, 0.3) is 9.88 Å². The minimum Gasteiger partial charge on any atom is -0.376 e. The number of morpholine rings is 1. The summed E-state index contributed by atoms with van der Waals surface area (Å²) in [6.07, 6.45) is 0.342. The molecule has 2 aromatic rings. The monoisotopic (exact) mass is 280 g/mol. The van der Waals surface area contributed by atoms with Gasteiger partial charge in [-0.3, -0.25) is 4.90 Å². The fourth-order valence-electron chi connectivity index (χ4n) is 2.16. The summed E-state index contributed by atoms with van der Waals surface area (Å²) in [7, 11) is 0. The lowest BCUT2D eigenvalue weighted by Crippen LogP contribution is -2.40. The van der Waals surface area contributed by atoms with Crippen LogP contribution in [0, 0.1) is 0 Å². The maximum Gasteiger partial charge on any atom is 0.133 e. The van der Waals surface area contributed by atoms with Gasteiger partial charge in [-0.1, -0.05) is 6.07 Å². The van der Waals surface area contributed by atoms with Crippen LogP contribution >= 0.6 is 22.7 Å². The molecule has 18 heavy (non-hydrogen) atoms. The van der Waals surface area contributed by atoms with Gasteiger partial charge in [0, 0.05) is 25.0 Å². The smallest absolute Gasteiger partial charge is 0.133 e. The summed E-state index contributed by atoms with van der Waals surface area (Å²) in [5.41, 5.74) is 1.18. The first kappa shape index (κ1) is 12.3. The molecule has 1 fully saturated rings. The van der Waals surface area contributed by atoms with Gasteiger partial charge in [-0.05, 0) is 18.4 Å². The summed E-state index contributed by atoms with van der Waals surface area (Å²) in [5.74, 6) is 0. The van der Waals surface area contributed by atoms with E-state index in [1.165, 1.54) is 10.6 Å². The molecule has 0 aromatic carbocycles. The van der Waals surface area contributed by atoms with Crippen LogP contribution in [0.15, 0.2) is 22.9 Å². The molecular weight excluding hydrogens is 264 g/mol. The van der Waals surface area contributed by atoms with Gasteiger partial charge in [-0.25, -0.2) is 4.98 Å². The fraction of sp³-hybridized carbons (Fsp3) is 0.462. The van der Waals surface area contributed by atoms with Gasteiger partial charge in [0.05, 0.1) is 23.3 Å². The van der Waals surface area contributed by atoms with Crippen molar-refractivity contribution in [3.63, 3.8) is 0 Å². The molecule has 1 aliphatic heterocycles. The first-order valence-electron chi connectivity index (χ1n) is 6.13. The number of hydrogen-bond donors (Lipinski definition) is 0. The molecule has 0 saturated carbocycles. The topological polar surface area (TPSA) is 25.4 Å². The van der Waals surface area contributed by atoms with Crippen LogP contribution < -0.4 is 0 Å². The lowest BCUT2D eigenvalue weighted by atomic mass is 10.3. The minimum absolute atomic E-state index is 0.342. The second kappa shape index (κ2) is 5.48. The summed E-state index contributed by atoms with van der Waals surface area (Å²) in [4.78, 5) is 8.40. The molecule has 2 aromatic heterocycles. The van der Waals surface area contributed by atoms with Crippen molar-refractivity contribution in [3.8, 4) is 9.88 Å². The van der Waals surface area contributed by atoms with Gasteiger partial charge in [-0.2, -0.15) is 0 Å². The van der Waals surface area contributed by atoms with Crippen LogP contribution in [0.2, 0.25) is 0 Å². The van der Waals surface area contributed by atoms with Crippen LogP contribution in [0.1, 0.15) is 12.6 Å². The Morgan fingerprint density at radius 2 is 2.44 bits per heavy atom. The predicted octanol–water partition coefficient (Wildman–Crippen LogP) is 3.09. The molecule has 0 unspecified atom stereocenters. The highest BCUT2D eigenvalue weighted by Crippen LogP contribution is 2.28. The predicted molar refractivity (Wildman–Crippen MR) is 76.1 cm³/mol. The zero-order valence-corrected chi connectivity index (χ0v) is 12.0. The average molecular weight is 280 g/mol. The lowest BCUT2D eigenvalue weighted by Gasteiger charge is -2.30. The summed E-state index contributed by atoms with van der Waals surface area (Å²) >= 11 is 3.49. The largest absolute Gasteiger partial charge is 0.376 e. The van der Waals surface area contributed by atoms with E-state index in [4.69, 9.17) is 9.72 Å². The van der Waals surface area contributed by atoms with Crippen LogP contribution in [-0.2, 0) is 11.3 Å². The van der Waals surface area contributed by atoms with Gasteiger partial charge in [0.1, 0.15) is 5.01 Å². The van der Waals surface area contributed by atoms with Gasteiger partial charge < -0.3 is 4.74 Å². The Labute approximate surface area is 115 Å². The van der Waals surface area contributed by atoms with E-state index in [1.807, 2.05) is 0 Å². The minimum atomic E-state index is 0.342. The summed E-state index contributed by atoms with van der Waals surface area (Å²) < 4.78 is 5.55. The number of rotatable bonds is 3. The van der Waals surface area contributed by atoms with Gasteiger partial charge in [0.25, 0.3) is 0 Å². The Balaban J connectivity index is 1.66. The molecule has 5 heteroatoms. The number of thiazole rings is 1. The normalized spacial score (nSPS) is 21.3. The quantitative estimate of drug-likeness (QED) is 0.864. The van der Waals surface area contributed by atoms with Crippen molar-refractivity contribution in [2.75, 3.05) is 19.7 Å². The van der Waals surface area contributed by atoms with Crippen molar-refractivity contribution < 1.29 is 4.74 Å². The highest BCUT2D eigenvalue weighted by atomic mass is 32.1. The Hall–Kier alpha value is -0.750. The molecular formula is C13H16N2OS2. The molecule has 0 amide bonds. The molecule has 96 valence electrons. The van der Waals surface area contributed by atoms with Crippen LogP contribution in [0.5, 0.6) is 0 Å². The van der Waals surface area contributed by atoms with Crippen molar-refractivity contribution in [1.82, 2.24) is 9.88 Å². The molecule has 1 aliphatic rings. The summed E-state index contributed by atoms with van der Waals surface area (Å²) in [6.45, 7) is 5.92. The average Bonchev–Trinajstić information content (AvgIpc) is 2.98. The number of ether oxygens (including phenoxy) is 1. The van der Waals surface area contributed by atoms with E-state index in [-0.39, 0.29) is 0 Å². The Bertz CT molecular complexity index is 495. The van der Waals surface area contributed by atoms with Crippen molar-refractivity contribution in [2.24, 2.45) is 0 Å². The number of nitrogens with zero attached hydrogens (tertiary/aromatic N) is 2. The van der Waals surface area contributed by atoms with Crippen LogP contribution in [0.4, 0.5) is 0 Å². The van der Waals surface area contributed by atoms with Crippen molar-refractivity contribution in [3.05, 3.63) is 28.6 Å².